The summed E-state index contributed by atoms with van der Waals surface area (Å²) in [6.45, 7) is 10.5. The summed E-state index contributed by atoms with van der Waals surface area (Å²) in [6, 6.07) is 4.09. The van der Waals surface area contributed by atoms with Crippen molar-refractivity contribution in [2.45, 2.75) is 34.6 Å². The van der Waals surface area contributed by atoms with Crippen LogP contribution in [0.25, 0.3) is 11.1 Å². The Balaban J connectivity index is 2.62. The zero-order valence-corrected chi connectivity index (χ0v) is 13.2. The van der Waals surface area contributed by atoms with Crippen LogP contribution in [0, 0.1) is 20.8 Å². The van der Waals surface area contributed by atoms with Gasteiger partial charge in [0, 0.05) is 11.3 Å². The van der Waals surface area contributed by atoms with E-state index in [1.165, 1.54) is 0 Å². The molecular formula is C16H22N4O. The smallest absolute Gasteiger partial charge is 0.183 e. The molecular weight excluding hydrogens is 264 g/mol. The maximum absolute atomic E-state index is 5.70. The first-order chi connectivity index (χ1) is 9.93. The maximum atomic E-state index is 5.70. The third-order valence-corrected chi connectivity index (χ3v) is 3.28. The van der Waals surface area contributed by atoms with Crippen molar-refractivity contribution >= 4 is 11.7 Å². The largest absolute Gasteiger partial charge is 0.494 e. The molecule has 1 heterocycles. The first-order valence-corrected chi connectivity index (χ1v) is 7.04. The van der Waals surface area contributed by atoms with Crippen molar-refractivity contribution in [1.82, 2.24) is 10.2 Å². The van der Waals surface area contributed by atoms with E-state index in [2.05, 4.69) is 29.0 Å². The minimum atomic E-state index is 0.490. The van der Waals surface area contributed by atoms with Crippen LogP contribution in [0.2, 0.25) is 0 Å². The molecule has 0 radical (unpaired) electrons. The number of nitrogens with zero attached hydrogens (tertiary/aromatic N) is 2. The van der Waals surface area contributed by atoms with Crippen molar-refractivity contribution in [3.05, 3.63) is 29.0 Å². The van der Waals surface area contributed by atoms with Gasteiger partial charge in [0.1, 0.15) is 5.75 Å². The van der Waals surface area contributed by atoms with Gasteiger partial charge in [0.05, 0.1) is 12.4 Å². The van der Waals surface area contributed by atoms with Crippen molar-refractivity contribution in [1.29, 1.82) is 0 Å². The molecule has 1 aromatic carbocycles. The van der Waals surface area contributed by atoms with Crippen LogP contribution in [-0.2, 0) is 0 Å². The molecule has 0 fully saturated rings. The summed E-state index contributed by atoms with van der Waals surface area (Å²) in [5, 5.41) is 7.24. The predicted molar refractivity (Wildman–Crippen MR) is 86.4 cm³/mol. The summed E-state index contributed by atoms with van der Waals surface area (Å²) in [6.07, 6.45) is 0. The lowest BCUT2D eigenvalue weighted by Gasteiger charge is -2.13. The molecule has 112 valence electrons. The lowest BCUT2D eigenvalue weighted by atomic mass is 9.95. The van der Waals surface area contributed by atoms with Gasteiger partial charge in [-0.1, -0.05) is 0 Å². The molecule has 0 saturated heterocycles. The fourth-order valence-electron chi connectivity index (χ4n) is 2.53. The molecule has 0 aliphatic heterocycles. The predicted octanol–water partition coefficient (Wildman–Crippen LogP) is 3.41. The number of ether oxygens (including phenoxy) is 1. The number of hydrogen-bond acceptors (Lipinski definition) is 3. The number of rotatable bonds is 4. The van der Waals surface area contributed by atoms with Gasteiger partial charge in [0.2, 0.25) is 0 Å². The number of aromatic nitrogens is 2. The van der Waals surface area contributed by atoms with Gasteiger partial charge >= 0.3 is 0 Å². The highest BCUT2D eigenvalue weighted by atomic mass is 16.5. The van der Waals surface area contributed by atoms with Crippen molar-refractivity contribution in [2.24, 2.45) is 10.7 Å². The van der Waals surface area contributed by atoms with Crippen LogP contribution in [0.5, 0.6) is 5.75 Å². The zero-order chi connectivity index (χ0) is 15.6. The fourth-order valence-corrected chi connectivity index (χ4v) is 2.53. The topological polar surface area (TPSA) is 76.3 Å². The van der Waals surface area contributed by atoms with Crippen LogP contribution < -0.4 is 10.5 Å². The Morgan fingerprint density at radius 2 is 1.86 bits per heavy atom. The van der Waals surface area contributed by atoms with E-state index in [0.29, 0.717) is 18.3 Å². The van der Waals surface area contributed by atoms with Crippen molar-refractivity contribution in [3.63, 3.8) is 0 Å². The number of nitrogens with two attached hydrogens (primary N) is 1. The third-order valence-electron chi connectivity index (χ3n) is 3.28. The first-order valence-electron chi connectivity index (χ1n) is 7.04. The Morgan fingerprint density at radius 3 is 2.38 bits per heavy atom. The van der Waals surface area contributed by atoms with Crippen molar-refractivity contribution in [2.75, 3.05) is 6.61 Å². The Bertz CT molecular complexity index is 659. The molecule has 0 unspecified atom stereocenters. The van der Waals surface area contributed by atoms with E-state index in [9.17, 15) is 0 Å². The second-order valence-electron chi connectivity index (χ2n) is 5.17. The minimum absolute atomic E-state index is 0.490. The Hall–Kier alpha value is -2.30. The summed E-state index contributed by atoms with van der Waals surface area (Å²) in [5.74, 6) is 2.00. The second kappa shape index (κ2) is 5.99. The number of H-pyrrole nitrogens is 1. The van der Waals surface area contributed by atoms with Gasteiger partial charge in [-0.05, 0) is 63.4 Å². The summed E-state index contributed by atoms with van der Waals surface area (Å²) in [4.78, 5) is 4.32. The Labute approximate surface area is 125 Å². The summed E-state index contributed by atoms with van der Waals surface area (Å²) in [5.41, 5.74) is 11.1. The van der Waals surface area contributed by atoms with E-state index >= 15 is 0 Å². The Morgan fingerprint density at radius 1 is 1.24 bits per heavy atom. The highest BCUT2D eigenvalue weighted by Crippen LogP contribution is 2.37. The molecule has 5 nitrogen and oxygen atoms in total. The molecule has 0 saturated carbocycles. The number of nitrogens with one attached hydrogen (secondary N) is 1. The average Bonchev–Trinajstić information content (AvgIpc) is 2.70. The molecule has 2 aromatic rings. The highest BCUT2D eigenvalue weighted by Gasteiger charge is 2.17. The van der Waals surface area contributed by atoms with Gasteiger partial charge in [-0.3, -0.25) is 5.10 Å². The van der Waals surface area contributed by atoms with E-state index in [1.54, 1.807) is 6.92 Å². The van der Waals surface area contributed by atoms with Gasteiger partial charge in [0.15, 0.2) is 5.82 Å². The molecule has 0 aliphatic carbocycles. The molecule has 0 atom stereocenters. The monoisotopic (exact) mass is 286 g/mol. The number of aryl methyl sites for hydroxylation is 3. The maximum Gasteiger partial charge on any atom is 0.183 e. The van der Waals surface area contributed by atoms with Gasteiger partial charge in [-0.25, -0.2) is 4.99 Å². The lowest BCUT2D eigenvalue weighted by molar-refractivity contribution is 0.340. The number of aliphatic imine (C=N–C) groups is 1. The van der Waals surface area contributed by atoms with E-state index in [-0.39, 0.29) is 0 Å². The first kappa shape index (κ1) is 15.1. The van der Waals surface area contributed by atoms with Gasteiger partial charge in [-0.15, -0.1) is 0 Å². The summed E-state index contributed by atoms with van der Waals surface area (Å²) < 4.78 is 5.59. The van der Waals surface area contributed by atoms with Crippen LogP contribution in [0.15, 0.2) is 17.1 Å². The molecule has 21 heavy (non-hydrogen) atoms. The number of aromatic amines is 1. The number of amidine groups is 1. The van der Waals surface area contributed by atoms with E-state index in [4.69, 9.17) is 10.5 Å². The van der Waals surface area contributed by atoms with Gasteiger partial charge in [-0.2, -0.15) is 5.10 Å². The molecule has 5 heteroatoms. The van der Waals surface area contributed by atoms with Crippen LogP contribution in [-0.4, -0.2) is 22.6 Å². The van der Waals surface area contributed by atoms with E-state index in [1.807, 2.05) is 26.0 Å². The quantitative estimate of drug-likeness (QED) is 0.668. The number of hydrogen-bond donors (Lipinski definition) is 2. The molecule has 0 spiro atoms. The SMILES string of the molecule is CCOc1cc(C)c(-c2c(N=C(C)N)n[nH]c2C)c(C)c1. The third kappa shape index (κ3) is 3.07. The number of benzene rings is 1. The van der Waals surface area contributed by atoms with Crippen LogP contribution in [0.1, 0.15) is 30.7 Å². The lowest BCUT2D eigenvalue weighted by Crippen LogP contribution is -2.04. The molecule has 1 aromatic heterocycles. The van der Waals surface area contributed by atoms with Crippen molar-refractivity contribution in [3.8, 4) is 16.9 Å². The standard InChI is InChI=1S/C16H22N4O/c1-6-21-13-7-9(2)14(10(3)8-13)15-11(4)19-20-16(15)18-12(5)17/h7-8H,6H2,1-5H3,(H3,17,18,19,20). The molecule has 0 aliphatic rings. The van der Waals surface area contributed by atoms with Crippen molar-refractivity contribution < 1.29 is 4.74 Å². The van der Waals surface area contributed by atoms with E-state index in [0.717, 1.165) is 33.7 Å². The summed E-state index contributed by atoms with van der Waals surface area (Å²) >= 11 is 0. The van der Waals surface area contributed by atoms with Crippen LogP contribution in [0.3, 0.4) is 0 Å². The molecule has 2 rings (SSSR count). The van der Waals surface area contributed by atoms with Crippen LogP contribution >= 0.6 is 0 Å². The Kier molecular flexibility index (Phi) is 4.31. The minimum Gasteiger partial charge on any atom is -0.494 e. The normalized spacial score (nSPS) is 11.8. The second-order valence-corrected chi connectivity index (χ2v) is 5.17. The molecule has 0 amide bonds. The summed E-state index contributed by atoms with van der Waals surface area (Å²) in [7, 11) is 0. The van der Waals surface area contributed by atoms with Gasteiger partial charge in [0.25, 0.3) is 0 Å². The fraction of sp³-hybridized carbons (Fsp3) is 0.375. The van der Waals surface area contributed by atoms with Gasteiger partial charge < -0.3 is 10.5 Å². The van der Waals surface area contributed by atoms with Crippen LogP contribution in [0.4, 0.5) is 5.82 Å². The highest BCUT2D eigenvalue weighted by molar-refractivity contribution is 5.86. The molecule has 3 N–H and O–H groups in total. The van der Waals surface area contributed by atoms with E-state index < -0.39 is 0 Å². The zero-order valence-electron chi connectivity index (χ0n) is 13.2. The molecule has 0 bridgehead atoms. The average molecular weight is 286 g/mol.